The molecule has 1 unspecified atom stereocenters. The van der Waals surface area contributed by atoms with Gasteiger partial charge in [-0.3, -0.25) is 9.36 Å². The van der Waals surface area contributed by atoms with Crippen LogP contribution in [0.5, 0.6) is 0 Å². The molecule has 0 aliphatic carbocycles. The Morgan fingerprint density at radius 3 is 2.76 bits per heavy atom. The molecule has 3 aromatic rings. The van der Waals surface area contributed by atoms with Crippen molar-refractivity contribution in [2.24, 2.45) is 0 Å². The number of hydrogen-bond acceptors (Lipinski definition) is 8. The Morgan fingerprint density at radius 1 is 1.17 bits per heavy atom. The van der Waals surface area contributed by atoms with Crippen LogP contribution in [0.3, 0.4) is 0 Å². The van der Waals surface area contributed by atoms with Crippen molar-refractivity contribution >= 4 is 40.1 Å². The van der Waals surface area contributed by atoms with E-state index in [0.717, 1.165) is 37.0 Å². The van der Waals surface area contributed by atoms with Crippen LogP contribution < -0.4 is 10.3 Å². The average molecular weight is 430 g/mol. The van der Waals surface area contributed by atoms with E-state index >= 15 is 0 Å². The first-order valence-electron chi connectivity index (χ1n) is 10.0. The lowest BCUT2D eigenvalue weighted by molar-refractivity contribution is 0.198. The second kappa shape index (κ2) is 8.06. The van der Waals surface area contributed by atoms with E-state index < -0.39 is 0 Å². The first-order chi connectivity index (χ1) is 14.2. The number of rotatable bonds is 4. The molecule has 2 aliphatic heterocycles. The number of aliphatic hydroxyl groups is 1. The summed E-state index contributed by atoms with van der Waals surface area (Å²) in [7, 11) is 0. The average Bonchev–Trinajstić information content (AvgIpc) is 3.42. The highest BCUT2D eigenvalue weighted by molar-refractivity contribution is 7.97. The SMILES string of the molecule is O=c1c(SN2CCCCC2)cn(-c2nccs2)c2nc(N3CCC(O)C3)ccc12. The summed E-state index contributed by atoms with van der Waals surface area (Å²) in [5.74, 6) is 0.787. The van der Waals surface area contributed by atoms with Crippen molar-refractivity contribution in [3.63, 3.8) is 0 Å². The zero-order valence-corrected chi connectivity index (χ0v) is 17.7. The van der Waals surface area contributed by atoms with Crippen LogP contribution >= 0.6 is 23.3 Å². The van der Waals surface area contributed by atoms with Crippen molar-refractivity contribution < 1.29 is 5.11 Å². The van der Waals surface area contributed by atoms with Gasteiger partial charge in [0.15, 0.2) is 10.8 Å². The van der Waals surface area contributed by atoms with Crippen LogP contribution in [0, 0.1) is 0 Å². The Hall–Kier alpha value is -1.94. The molecule has 0 spiro atoms. The first kappa shape index (κ1) is 19.0. The number of piperidine rings is 1. The van der Waals surface area contributed by atoms with Gasteiger partial charge in [0.25, 0.3) is 0 Å². The van der Waals surface area contributed by atoms with Gasteiger partial charge in [0.05, 0.1) is 16.4 Å². The molecule has 2 fully saturated rings. The maximum Gasteiger partial charge on any atom is 0.205 e. The predicted molar refractivity (Wildman–Crippen MR) is 117 cm³/mol. The van der Waals surface area contributed by atoms with Crippen LogP contribution in [0.25, 0.3) is 16.2 Å². The molecule has 2 aliphatic rings. The largest absolute Gasteiger partial charge is 0.391 e. The molecule has 0 saturated carbocycles. The van der Waals surface area contributed by atoms with Crippen LogP contribution in [-0.4, -0.2) is 56.2 Å². The quantitative estimate of drug-likeness (QED) is 0.639. The summed E-state index contributed by atoms with van der Waals surface area (Å²) in [6.07, 6.45) is 7.68. The second-order valence-electron chi connectivity index (χ2n) is 7.52. The number of aromatic nitrogens is 3. The molecule has 7 nitrogen and oxygen atoms in total. The summed E-state index contributed by atoms with van der Waals surface area (Å²) in [4.78, 5) is 25.3. The van der Waals surface area contributed by atoms with Gasteiger partial charge in [-0.25, -0.2) is 14.3 Å². The molecule has 152 valence electrons. The highest BCUT2D eigenvalue weighted by Gasteiger charge is 2.23. The van der Waals surface area contributed by atoms with E-state index in [4.69, 9.17) is 4.98 Å². The van der Waals surface area contributed by atoms with E-state index in [9.17, 15) is 9.90 Å². The van der Waals surface area contributed by atoms with Crippen LogP contribution in [0.1, 0.15) is 25.7 Å². The van der Waals surface area contributed by atoms with Gasteiger partial charge in [-0.15, -0.1) is 11.3 Å². The first-order valence-corrected chi connectivity index (χ1v) is 11.7. The normalized spacial score (nSPS) is 20.6. The predicted octanol–water partition coefficient (Wildman–Crippen LogP) is 2.91. The summed E-state index contributed by atoms with van der Waals surface area (Å²) < 4.78 is 4.22. The highest BCUT2D eigenvalue weighted by atomic mass is 32.2. The number of anilines is 1. The molecule has 1 atom stereocenters. The van der Waals surface area contributed by atoms with Crippen molar-refractivity contribution in [2.75, 3.05) is 31.1 Å². The van der Waals surface area contributed by atoms with E-state index in [1.807, 2.05) is 28.3 Å². The number of nitrogens with zero attached hydrogens (tertiary/aromatic N) is 5. The smallest absolute Gasteiger partial charge is 0.205 e. The maximum atomic E-state index is 13.2. The third kappa shape index (κ3) is 3.79. The van der Waals surface area contributed by atoms with E-state index in [2.05, 4.69) is 14.2 Å². The molecular formula is C20H23N5O2S2. The fourth-order valence-electron chi connectivity index (χ4n) is 3.94. The van der Waals surface area contributed by atoms with E-state index in [-0.39, 0.29) is 11.5 Å². The van der Waals surface area contributed by atoms with Gasteiger partial charge < -0.3 is 10.0 Å². The Kier molecular flexibility index (Phi) is 5.29. The molecular weight excluding hydrogens is 406 g/mol. The van der Waals surface area contributed by atoms with E-state index in [0.29, 0.717) is 22.5 Å². The molecule has 0 bridgehead atoms. The third-order valence-electron chi connectivity index (χ3n) is 5.46. The van der Waals surface area contributed by atoms with Crippen molar-refractivity contribution in [3.05, 3.63) is 40.1 Å². The van der Waals surface area contributed by atoms with Crippen molar-refractivity contribution in [1.82, 2.24) is 18.8 Å². The van der Waals surface area contributed by atoms with Crippen LogP contribution in [0.15, 0.2) is 39.6 Å². The zero-order chi connectivity index (χ0) is 19.8. The monoisotopic (exact) mass is 429 g/mol. The number of hydrogen-bond donors (Lipinski definition) is 1. The minimum atomic E-state index is -0.322. The topological polar surface area (TPSA) is 74.5 Å². The van der Waals surface area contributed by atoms with Gasteiger partial charge in [-0.05, 0) is 43.3 Å². The number of pyridine rings is 2. The molecule has 1 N–H and O–H groups in total. The molecule has 5 heterocycles. The Morgan fingerprint density at radius 2 is 2.03 bits per heavy atom. The standard InChI is InChI=1S/C20H23N5O2S2/c26-14-6-10-23(12-14)17-5-4-15-18(27)16(29-24-8-2-1-3-9-24)13-25(19(15)22-17)20-21-7-11-28-20/h4-5,7,11,13-14,26H,1-3,6,8-10,12H2. The van der Waals surface area contributed by atoms with Crippen molar-refractivity contribution in [1.29, 1.82) is 0 Å². The van der Waals surface area contributed by atoms with Gasteiger partial charge in [-0.1, -0.05) is 6.42 Å². The van der Waals surface area contributed by atoms with Crippen molar-refractivity contribution in [3.8, 4) is 5.13 Å². The van der Waals surface area contributed by atoms with Gasteiger partial charge in [-0.2, -0.15) is 0 Å². The lowest BCUT2D eigenvalue weighted by atomic mass is 10.2. The molecule has 0 aromatic carbocycles. The molecule has 2 saturated heterocycles. The van der Waals surface area contributed by atoms with E-state index in [1.54, 1.807) is 18.1 Å². The molecule has 3 aromatic heterocycles. The molecule has 5 rings (SSSR count). The zero-order valence-electron chi connectivity index (χ0n) is 16.0. The lowest BCUT2D eigenvalue weighted by Gasteiger charge is -2.25. The minimum Gasteiger partial charge on any atom is -0.391 e. The van der Waals surface area contributed by atoms with Gasteiger partial charge in [0.1, 0.15) is 5.82 Å². The fourth-order valence-corrected chi connectivity index (χ4v) is 5.62. The molecule has 0 amide bonds. The minimum absolute atomic E-state index is 0.0175. The number of thiazole rings is 1. The van der Waals surface area contributed by atoms with Crippen LogP contribution in [0.4, 0.5) is 5.82 Å². The Bertz CT molecular complexity index is 1060. The summed E-state index contributed by atoms with van der Waals surface area (Å²) in [5.41, 5.74) is 0.635. The van der Waals surface area contributed by atoms with Gasteiger partial charge in [0.2, 0.25) is 5.43 Å². The maximum absolute atomic E-state index is 13.2. The van der Waals surface area contributed by atoms with Crippen LogP contribution in [-0.2, 0) is 0 Å². The Labute approximate surface area is 177 Å². The summed E-state index contributed by atoms with van der Waals surface area (Å²) in [5, 5.41) is 13.2. The summed E-state index contributed by atoms with van der Waals surface area (Å²) >= 11 is 3.08. The molecule has 29 heavy (non-hydrogen) atoms. The lowest BCUT2D eigenvalue weighted by Crippen LogP contribution is -2.25. The van der Waals surface area contributed by atoms with E-state index in [1.165, 1.54) is 30.6 Å². The second-order valence-corrected chi connectivity index (χ2v) is 9.53. The summed E-state index contributed by atoms with van der Waals surface area (Å²) in [6.45, 7) is 3.36. The summed E-state index contributed by atoms with van der Waals surface area (Å²) in [6, 6.07) is 3.76. The van der Waals surface area contributed by atoms with Gasteiger partial charge >= 0.3 is 0 Å². The Balaban J connectivity index is 1.61. The number of β-amino-alcohol motifs (C(OH)–C–C–N with tert-alkyl or cyclic N) is 1. The fraction of sp³-hybridized carbons (Fsp3) is 0.450. The number of aliphatic hydroxyl groups excluding tert-OH is 1. The third-order valence-corrected chi connectivity index (χ3v) is 7.34. The van der Waals surface area contributed by atoms with Crippen LogP contribution in [0.2, 0.25) is 0 Å². The molecule has 9 heteroatoms. The highest BCUT2D eigenvalue weighted by Crippen LogP contribution is 2.28. The molecule has 0 radical (unpaired) electrons. The van der Waals surface area contributed by atoms with Gasteiger partial charge in [0, 0.05) is 44.0 Å². The van der Waals surface area contributed by atoms with Crippen molar-refractivity contribution in [2.45, 2.75) is 36.7 Å². The number of fused-ring (bicyclic) bond motifs is 1.